The summed E-state index contributed by atoms with van der Waals surface area (Å²) in [5, 5.41) is 3.72. The maximum Gasteiger partial charge on any atom is 0.264 e. The van der Waals surface area contributed by atoms with Crippen LogP contribution < -0.4 is 14.4 Å². The molecule has 4 aromatic rings. The highest BCUT2D eigenvalue weighted by Crippen LogP contribution is 2.33. The van der Waals surface area contributed by atoms with E-state index in [1.165, 1.54) is 42.3 Å². The maximum absolute atomic E-state index is 14.6. The molecule has 248 valence electrons. The van der Waals surface area contributed by atoms with E-state index in [4.69, 9.17) is 39.5 Å². The van der Waals surface area contributed by atoms with Gasteiger partial charge in [-0.1, -0.05) is 89.4 Å². The summed E-state index contributed by atoms with van der Waals surface area (Å²) in [5.41, 5.74) is 0.698. The Balaban J connectivity index is 1.87. The van der Waals surface area contributed by atoms with Crippen LogP contribution in [0.15, 0.2) is 102 Å². The van der Waals surface area contributed by atoms with Crippen molar-refractivity contribution in [3.05, 3.63) is 123 Å². The van der Waals surface area contributed by atoms with Crippen molar-refractivity contribution in [2.45, 2.75) is 50.2 Å². The molecule has 1 N–H and O–H groups in total. The zero-order valence-electron chi connectivity index (χ0n) is 26.4. The highest BCUT2D eigenvalue weighted by Gasteiger charge is 2.36. The lowest BCUT2D eigenvalue weighted by molar-refractivity contribution is -0.140. The van der Waals surface area contributed by atoms with Crippen LogP contribution in [0.2, 0.25) is 15.1 Å². The Morgan fingerprint density at radius 2 is 1.43 bits per heavy atom. The van der Waals surface area contributed by atoms with E-state index in [0.717, 1.165) is 9.87 Å². The second-order valence-electron chi connectivity index (χ2n) is 11.8. The zero-order valence-corrected chi connectivity index (χ0v) is 29.5. The first-order valence-corrected chi connectivity index (χ1v) is 17.3. The van der Waals surface area contributed by atoms with E-state index in [-0.39, 0.29) is 28.6 Å². The lowest BCUT2D eigenvalue weighted by Gasteiger charge is -2.35. The number of anilines is 1. The molecule has 0 saturated heterocycles. The number of nitrogens with one attached hydrogen (secondary N) is 1. The van der Waals surface area contributed by atoms with E-state index in [1.807, 2.05) is 51.1 Å². The third-order valence-corrected chi connectivity index (χ3v) is 9.98. The second kappa shape index (κ2) is 15.4. The van der Waals surface area contributed by atoms with Crippen molar-refractivity contribution >= 4 is 62.3 Å². The normalized spacial score (nSPS) is 12.2. The lowest BCUT2D eigenvalue weighted by Crippen LogP contribution is -2.56. The van der Waals surface area contributed by atoms with E-state index in [0.29, 0.717) is 21.4 Å². The Labute approximate surface area is 291 Å². The van der Waals surface area contributed by atoms with Gasteiger partial charge in [0.2, 0.25) is 11.8 Å². The molecular formula is C35H36Cl3N3O5S. The molecule has 0 heterocycles. The number of nitrogens with zero attached hydrogens (tertiary/aromatic N) is 2. The Bertz CT molecular complexity index is 1800. The van der Waals surface area contributed by atoms with Crippen molar-refractivity contribution in [3.63, 3.8) is 0 Å². The Morgan fingerprint density at radius 1 is 0.830 bits per heavy atom. The van der Waals surface area contributed by atoms with Crippen LogP contribution in [0.1, 0.15) is 31.9 Å². The average molecular weight is 717 g/mol. The molecule has 0 aliphatic rings. The van der Waals surface area contributed by atoms with Crippen molar-refractivity contribution in [3.8, 4) is 5.75 Å². The van der Waals surface area contributed by atoms with Crippen molar-refractivity contribution in [2.75, 3.05) is 18.0 Å². The second-order valence-corrected chi connectivity index (χ2v) is 14.9. The largest absolute Gasteiger partial charge is 0.495 e. The van der Waals surface area contributed by atoms with Crippen molar-refractivity contribution < 1.29 is 22.7 Å². The van der Waals surface area contributed by atoms with Gasteiger partial charge >= 0.3 is 0 Å². The van der Waals surface area contributed by atoms with Crippen LogP contribution in [0.5, 0.6) is 5.75 Å². The van der Waals surface area contributed by atoms with Gasteiger partial charge in [-0.2, -0.15) is 0 Å². The fraction of sp³-hybridized carbons (Fsp3) is 0.257. The molecule has 0 unspecified atom stereocenters. The summed E-state index contributed by atoms with van der Waals surface area (Å²) < 4.78 is 34.6. The van der Waals surface area contributed by atoms with Gasteiger partial charge < -0.3 is 15.0 Å². The molecule has 4 aromatic carbocycles. The Morgan fingerprint density at radius 3 is 1.98 bits per heavy atom. The molecule has 0 saturated carbocycles. The van der Waals surface area contributed by atoms with Gasteiger partial charge in [-0.3, -0.25) is 13.9 Å². The Hall–Kier alpha value is -3.76. The molecule has 4 rings (SSSR count). The molecular weight excluding hydrogens is 681 g/mol. The molecule has 0 aliphatic carbocycles. The first-order chi connectivity index (χ1) is 22.2. The Kier molecular flexibility index (Phi) is 11.8. The predicted molar refractivity (Wildman–Crippen MR) is 188 cm³/mol. The molecule has 0 bridgehead atoms. The highest BCUT2D eigenvalue weighted by molar-refractivity contribution is 7.92. The number of halogens is 3. The monoisotopic (exact) mass is 715 g/mol. The third kappa shape index (κ3) is 9.20. The number of rotatable bonds is 12. The number of hydrogen-bond donors (Lipinski definition) is 1. The first-order valence-electron chi connectivity index (χ1n) is 14.7. The first kappa shape index (κ1) is 36.1. The number of carbonyl (C=O) groups excluding carboxylic acids is 2. The van der Waals surface area contributed by atoms with E-state index in [1.54, 1.807) is 36.4 Å². The average Bonchev–Trinajstić information content (AvgIpc) is 3.02. The minimum atomic E-state index is -4.31. The van der Waals surface area contributed by atoms with Crippen LogP contribution in [0.3, 0.4) is 0 Å². The van der Waals surface area contributed by atoms with Crippen LogP contribution in [-0.4, -0.2) is 50.4 Å². The van der Waals surface area contributed by atoms with E-state index in [9.17, 15) is 18.0 Å². The van der Waals surface area contributed by atoms with Crippen molar-refractivity contribution in [2.24, 2.45) is 0 Å². The number of methoxy groups -OCH3 is 1. The molecule has 12 heteroatoms. The summed E-state index contributed by atoms with van der Waals surface area (Å²) in [7, 11) is -2.87. The molecule has 0 aliphatic heterocycles. The molecule has 0 radical (unpaired) electrons. The number of sulfonamides is 1. The molecule has 1 atom stereocenters. The van der Waals surface area contributed by atoms with Crippen LogP contribution in [0, 0.1) is 0 Å². The molecule has 0 fully saturated rings. The molecule has 0 aromatic heterocycles. The summed E-state index contributed by atoms with van der Waals surface area (Å²) in [5.74, 6) is -0.768. The van der Waals surface area contributed by atoms with Crippen molar-refractivity contribution in [1.29, 1.82) is 0 Å². The standard InChI is InChI=1S/C35H36Cl3N3O5S/c1-35(2,3)39-34(43)31(20-24-12-7-5-8-13-24)40(22-27-28(36)16-11-17-29(27)37)33(42)23-41(25-18-19-32(46-4)30(38)21-25)47(44,45)26-14-9-6-10-15-26/h5-19,21,31H,20,22-23H2,1-4H3,(H,39,43)/t31-/m0/s1. The van der Waals surface area contributed by atoms with Crippen LogP contribution >= 0.6 is 34.8 Å². The van der Waals surface area contributed by atoms with Crippen LogP contribution in [0.25, 0.3) is 0 Å². The number of amides is 2. The smallest absolute Gasteiger partial charge is 0.264 e. The van der Waals surface area contributed by atoms with Gasteiger partial charge in [0, 0.05) is 34.1 Å². The van der Waals surface area contributed by atoms with Gasteiger partial charge in [0.25, 0.3) is 10.0 Å². The summed E-state index contributed by atoms with van der Waals surface area (Å²) in [6.07, 6.45) is 0.135. The van der Waals surface area contributed by atoms with Crippen LogP contribution in [-0.2, 0) is 32.6 Å². The fourth-order valence-corrected chi connectivity index (χ4v) is 7.12. The number of carbonyl (C=O) groups is 2. The summed E-state index contributed by atoms with van der Waals surface area (Å²) in [6, 6.07) is 25.3. The summed E-state index contributed by atoms with van der Waals surface area (Å²) >= 11 is 19.6. The molecule has 2 amide bonds. The topological polar surface area (TPSA) is 96.0 Å². The molecule has 47 heavy (non-hydrogen) atoms. The van der Waals surface area contributed by atoms with Gasteiger partial charge in [-0.05, 0) is 68.8 Å². The van der Waals surface area contributed by atoms with E-state index >= 15 is 0 Å². The minimum Gasteiger partial charge on any atom is -0.495 e. The third-order valence-electron chi connectivity index (χ3n) is 7.19. The van der Waals surface area contributed by atoms with Gasteiger partial charge in [-0.15, -0.1) is 0 Å². The predicted octanol–water partition coefficient (Wildman–Crippen LogP) is 7.41. The molecule has 0 spiro atoms. The highest BCUT2D eigenvalue weighted by atomic mass is 35.5. The van der Waals surface area contributed by atoms with Gasteiger partial charge in [0.15, 0.2) is 0 Å². The maximum atomic E-state index is 14.6. The number of ether oxygens (including phenoxy) is 1. The number of hydrogen-bond acceptors (Lipinski definition) is 5. The SMILES string of the molecule is COc1ccc(N(CC(=O)N(Cc2c(Cl)cccc2Cl)[C@@H](Cc2ccccc2)C(=O)NC(C)(C)C)S(=O)(=O)c2ccccc2)cc1Cl. The van der Waals surface area contributed by atoms with E-state index in [2.05, 4.69) is 5.32 Å². The summed E-state index contributed by atoms with van der Waals surface area (Å²) in [4.78, 5) is 30.0. The molecule has 8 nitrogen and oxygen atoms in total. The zero-order chi connectivity index (χ0) is 34.4. The number of benzene rings is 4. The van der Waals surface area contributed by atoms with E-state index < -0.39 is 40.0 Å². The lowest BCUT2D eigenvalue weighted by atomic mass is 10.0. The fourth-order valence-electron chi connectivity index (χ4n) is 4.92. The van der Waals surface area contributed by atoms with Gasteiger partial charge in [-0.25, -0.2) is 8.42 Å². The van der Waals surface area contributed by atoms with Gasteiger partial charge in [0.05, 0.1) is 22.7 Å². The van der Waals surface area contributed by atoms with Crippen molar-refractivity contribution in [1.82, 2.24) is 10.2 Å². The quantitative estimate of drug-likeness (QED) is 0.165. The van der Waals surface area contributed by atoms with Gasteiger partial charge in [0.1, 0.15) is 18.3 Å². The minimum absolute atomic E-state index is 0.0354. The van der Waals surface area contributed by atoms with Crippen LogP contribution in [0.4, 0.5) is 5.69 Å². The summed E-state index contributed by atoms with van der Waals surface area (Å²) in [6.45, 7) is 4.67.